The van der Waals surface area contributed by atoms with E-state index in [1.54, 1.807) is 6.07 Å². The first-order valence-electron chi connectivity index (χ1n) is 6.59. The number of hydrogen-bond donors (Lipinski definition) is 1. The zero-order valence-electron chi connectivity index (χ0n) is 11.7. The van der Waals surface area contributed by atoms with Gasteiger partial charge in [-0.15, -0.1) is 0 Å². The van der Waals surface area contributed by atoms with Gasteiger partial charge in [-0.05, 0) is 31.2 Å². The van der Waals surface area contributed by atoms with Crippen molar-refractivity contribution in [1.29, 1.82) is 0 Å². The highest BCUT2D eigenvalue weighted by atomic mass is 79.9. The van der Waals surface area contributed by atoms with E-state index in [0.717, 1.165) is 15.6 Å². The van der Waals surface area contributed by atoms with Crippen molar-refractivity contribution in [2.24, 2.45) is 0 Å². The van der Waals surface area contributed by atoms with E-state index in [2.05, 4.69) is 30.6 Å². The molecule has 0 unspecified atom stereocenters. The predicted octanol–water partition coefficient (Wildman–Crippen LogP) is 4.53. The van der Waals surface area contributed by atoms with Crippen molar-refractivity contribution < 1.29 is 4.79 Å². The second-order valence-corrected chi connectivity index (χ2v) is 6.42. The minimum atomic E-state index is -0.179. The zero-order valence-corrected chi connectivity index (χ0v) is 14.1. The molecule has 3 aromatic rings. The van der Waals surface area contributed by atoms with E-state index in [4.69, 9.17) is 0 Å². The van der Waals surface area contributed by atoms with Gasteiger partial charge in [0.2, 0.25) is 5.13 Å². The maximum atomic E-state index is 12.2. The summed E-state index contributed by atoms with van der Waals surface area (Å²) in [5.74, 6) is 0.430. The highest BCUT2D eigenvalue weighted by Crippen LogP contribution is 2.23. The van der Waals surface area contributed by atoms with Gasteiger partial charge in [0.1, 0.15) is 0 Å². The van der Waals surface area contributed by atoms with E-state index in [0.29, 0.717) is 16.5 Å². The Bertz CT molecular complexity index is 814. The maximum Gasteiger partial charge on any atom is 0.257 e. The van der Waals surface area contributed by atoms with Crippen LogP contribution in [0.15, 0.2) is 53.0 Å². The van der Waals surface area contributed by atoms with Gasteiger partial charge < -0.3 is 0 Å². The molecule has 0 fully saturated rings. The van der Waals surface area contributed by atoms with E-state index in [1.165, 1.54) is 11.5 Å². The lowest BCUT2D eigenvalue weighted by atomic mass is 10.1. The first-order chi connectivity index (χ1) is 10.6. The summed E-state index contributed by atoms with van der Waals surface area (Å²) >= 11 is 4.56. The van der Waals surface area contributed by atoms with Crippen molar-refractivity contribution in [3.63, 3.8) is 0 Å². The van der Waals surface area contributed by atoms with Crippen LogP contribution in [-0.2, 0) is 0 Å². The number of benzene rings is 2. The molecule has 2 aromatic carbocycles. The SMILES string of the molecule is Cc1cccc(C(=O)Nc2nc(-c3ccc(Br)cc3)ns2)c1. The minimum Gasteiger partial charge on any atom is -0.297 e. The lowest BCUT2D eigenvalue weighted by Crippen LogP contribution is -2.11. The van der Waals surface area contributed by atoms with Crippen LogP contribution in [-0.4, -0.2) is 15.3 Å². The fourth-order valence-corrected chi connectivity index (χ4v) is 2.80. The van der Waals surface area contributed by atoms with Crippen LogP contribution < -0.4 is 5.32 Å². The van der Waals surface area contributed by atoms with Gasteiger partial charge in [-0.2, -0.15) is 9.36 Å². The second kappa shape index (κ2) is 6.37. The molecule has 0 aliphatic carbocycles. The molecule has 0 bridgehead atoms. The van der Waals surface area contributed by atoms with Gasteiger partial charge in [-0.25, -0.2) is 0 Å². The van der Waals surface area contributed by atoms with Crippen molar-refractivity contribution in [1.82, 2.24) is 9.36 Å². The highest BCUT2D eigenvalue weighted by molar-refractivity contribution is 9.10. The van der Waals surface area contributed by atoms with E-state index in [9.17, 15) is 4.79 Å². The Morgan fingerprint density at radius 1 is 1.18 bits per heavy atom. The molecule has 0 aliphatic heterocycles. The van der Waals surface area contributed by atoms with Gasteiger partial charge in [0.05, 0.1) is 0 Å². The first-order valence-corrected chi connectivity index (χ1v) is 8.16. The molecule has 1 aromatic heterocycles. The van der Waals surface area contributed by atoms with Crippen molar-refractivity contribution in [3.05, 3.63) is 64.1 Å². The molecule has 6 heteroatoms. The molecule has 0 saturated carbocycles. The van der Waals surface area contributed by atoms with Crippen LogP contribution in [0.3, 0.4) is 0 Å². The first kappa shape index (κ1) is 14.9. The second-order valence-electron chi connectivity index (χ2n) is 4.75. The quantitative estimate of drug-likeness (QED) is 0.733. The van der Waals surface area contributed by atoms with Crippen LogP contribution in [0, 0.1) is 6.92 Å². The third-order valence-electron chi connectivity index (χ3n) is 3.03. The number of hydrogen-bond acceptors (Lipinski definition) is 4. The average molecular weight is 374 g/mol. The molecule has 0 radical (unpaired) electrons. The molecule has 0 saturated heterocycles. The van der Waals surface area contributed by atoms with Crippen LogP contribution in [0.2, 0.25) is 0 Å². The molecule has 3 rings (SSSR count). The summed E-state index contributed by atoms with van der Waals surface area (Å²) < 4.78 is 5.28. The molecule has 1 amide bonds. The van der Waals surface area contributed by atoms with Crippen LogP contribution in [0.5, 0.6) is 0 Å². The van der Waals surface area contributed by atoms with Gasteiger partial charge in [0.15, 0.2) is 5.82 Å². The predicted molar refractivity (Wildman–Crippen MR) is 92.2 cm³/mol. The van der Waals surface area contributed by atoms with E-state index in [1.807, 2.05) is 49.4 Å². The lowest BCUT2D eigenvalue weighted by molar-refractivity contribution is 0.102. The summed E-state index contributed by atoms with van der Waals surface area (Å²) in [6, 6.07) is 15.1. The van der Waals surface area contributed by atoms with Gasteiger partial charge in [0, 0.05) is 27.1 Å². The standard InChI is InChI=1S/C16H12BrN3OS/c1-10-3-2-4-12(9-10)15(21)19-16-18-14(20-22-16)11-5-7-13(17)8-6-11/h2-9H,1H3,(H,18,19,20,21). The molecule has 4 nitrogen and oxygen atoms in total. The van der Waals surface area contributed by atoms with Crippen molar-refractivity contribution >= 4 is 38.5 Å². The third-order valence-corrected chi connectivity index (χ3v) is 4.19. The summed E-state index contributed by atoms with van der Waals surface area (Å²) in [7, 11) is 0. The number of rotatable bonds is 3. The number of carbonyl (C=O) groups is 1. The van der Waals surface area contributed by atoms with Gasteiger partial charge in [-0.1, -0.05) is 45.8 Å². The Labute approximate surface area is 140 Å². The topological polar surface area (TPSA) is 54.9 Å². The summed E-state index contributed by atoms with van der Waals surface area (Å²) in [5.41, 5.74) is 2.57. The number of amides is 1. The molecule has 0 aliphatic rings. The number of nitrogens with zero attached hydrogens (tertiary/aromatic N) is 2. The summed E-state index contributed by atoms with van der Waals surface area (Å²) in [6.07, 6.45) is 0. The average Bonchev–Trinajstić information content (AvgIpc) is 2.96. The van der Waals surface area contributed by atoms with E-state index < -0.39 is 0 Å². The Hall–Kier alpha value is -2.05. The summed E-state index contributed by atoms with van der Waals surface area (Å²) in [6.45, 7) is 1.95. The maximum absolute atomic E-state index is 12.2. The normalized spacial score (nSPS) is 10.5. The molecule has 1 N–H and O–H groups in total. The van der Waals surface area contributed by atoms with E-state index in [-0.39, 0.29) is 5.91 Å². The molecule has 110 valence electrons. The number of halogens is 1. The molecule has 22 heavy (non-hydrogen) atoms. The van der Waals surface area contributed by atoms with E-state index >= 15 is 0 Å². The number of aromatic nitrogens is 2. The minimum absolute atomic E-state index is 0.179. The smallest absolute Gasteiger partial charge is 0.257 e. The Balaban J connectivity index is 1.77. The van der Waals surface area contributed by atoms with Crippen LogP contribution in [0.4, 0.5) is 5.13 Å². The van der Waals surface area contributed by atoms with Crippen LogP contribution in [0.1, 0.15) is 15.9 Å². The number of aryl methyl sites for hydroxylation is 1. The molecular formula is C16H12BrN3OS. The number of nitrogens with one attached hydrogen (secondary N) is 1. The molecular weight excluding hydrogens is 362 g/mol. The molecule has 1 heterocycles. The Morgan fingerprint density at radius 2 is 1.95 bits per heavy atom. The van der Waals surface area contributed by atoms with Crippen molar-refractivity contribution in [2.75, 3.05) is 5.32 Å². The number of carbonyl (C=O) groups excluding carboxylic acids is 1. The van der Waals surface area contributed by atoms with Crippen LogP contribution >= 0.6 is 27.5 Å². The van der Waals surface area contributed by atoms with Gasteiger partial charge in [-0.3, -0.25) is 10.1 Å². The fraction of sp³-hybridized carbons (Fsp3) is 0.0625. The summed E-state index contributed by atoms with van der Waals surface area (Å²) in [4.78, 5) is 16.5. The molecule has 0 atom stereocenters. The lowest BCUT2D eigenvalue weighted by Gasteiger charge is -2.01. The fourth-order valence-electron chi connectivity index (χ4n) is 1.95. The monoisotopic (exact) mass is 373 g/mol. The largest absolute Gasteiger partial charge is 0.297 e. The van der Waals surface area contributed by atoms with Crippen LogP contribution in [0.25, 0.3) is 11.4 Å². The van der Waals surface area contributed by atoms with Crippen molar-refractivity contribution in [3.8, 4) is 11.4 Å². The van der Waals surface area contributed by atoms with Gasteiger partial charge in [0.25, 0.3) is 5.91 Å². The van der Waals surface area contributed by atoms with Gasteiger partial charge >= 0.3 is 0 Å². The third kappa shape index (κ3) is 3.40. The highest BCUT2D eigenvalue weighted by Gasteiger charge is 2.11. The van der Waals surface area contributed by atoms with Crippen molar-refractivity contribution in [2.45, 2.75) is 6.92 Å². The Kier molecular flexibility index (Phi) is 4.31. The summed E-state index contributed by atoms with van der Waals surface area (Å²) in [5, 5.41) is 3.27. The Morgan fingerprint density at radius 3 is 2.68 bits per heavy atom. The molecule has 0 spiro atoms. The zero-order chi connectivity index (χ0) is 15.5. The number of anilines is 1.